The lowest BCUT2D eigenvalue weighted by Crippen LogP contribution is -2.47. The summed E-state index contributed by atoms with van der Waals surface area (Å²) in [7, 11) is 0. The summed E-state index contributed by atoms with van der Waals surface area (Å²) in [5.74, 6) is 1.32. The summed E-state index contributed by atoms with van der Waals surface area (Å²) in [4.78, 5) is 18.4. The Balaban J connectivity index is 1.66. The van der Waals surface area contributed by atoms with E-state index in [0.717, 1.165) is 44.9 Å². The first kappa shape index (κ1) is 25.0. The molecular weight excluding hydrogens is 400 g/mol. The summed E-state index contributed by atoms with van der Waals surface area (Å²) in [6, 6.07) is 3.50. The zero-order chi connectivity index (χ0) is 22.7. The number of aliphatic hydroxyl groups excluding tert-OH is 1. The van der Waals surface area contributed by atoms with E-state index in [1.807, 2.05) is 27.7 Å². The SMILES string of the molecule is CCNC(=NCC(O)c1ccco1)N1CCC(OCCCNC(=O)OC(C)(C)C)CC1. The molecule has 1 aliphatic rings. The van der Waals surface area contributed by atoms with Gasteiger partial charge in [0.2, 0.25) is 0 Å². The number of amides is 1. The average Bonchev–Trinajstić information content (AvgIpc) is 3.25. The average molecular weight is 439 g/mol. The first-order valence-electron chi connectivity index (χ1n) is 11.1. The Bertz CT molecular complexity index is 664. The second-order valence-electron chi connectivity index (χ2n) is 8.57. The van der Waals surface area contributed by atoms with Crippen molar-refractivity contribution in [1.29, 1.82) is 0 Å². The van der Waals surface area contributed by atoms with Crippen LogP contribution in [0.1, 0.15) is 58.8 Å². The van der Waals surface area contributed by atoms with E-state index in [1.165, 1.54) is 0 Å². The second-order valence-corrected chi connectivity index (χ2v) is 8.57. The van der Waals surface area contributed by atoms with Crippen molar-refractivity contribution in [2.75, 3.05) is 39.3 Å². The summed E-state index contributed by atoms with van der Waals surface area (Å²) in [5.41, 5.74) is -0.486. The number of alkyl carbamates (subject to hydrolysis) is 1. The highest BCUT2D eigenvalue weighted by Crippen LogP contribution is 2.16. The number of nitrogens with one attached hydrogen (secondary N) is 2. The zero-order valence-electron chi connectivity index (χ0n) is 19.2. The predicted molar refractivity (Wildman–Crippen MR) is 119 cm³/mol. The molecule has 2 rings (SSSR count). The molecule has 9 nitrogen and oxygen atoms in total. The van der Waals surface area contributed by atoms with Crippen LogP contribution in [0.15, 0.2) is 27.8 Å². The predicted octanol–water partition coefficient (Wildman–Crippen LogP) is 2.67. The Morgan fingerprint density at radius 3 is 2.71 bits per heavy atom. The molecule has 2 heterocycles. The van der Waals surface area contributed by atoms with E-state index >= 15 is 0 Å². The molecule has 0 aliphatic carbocycles. The maximum Gasteiger partial charge on any atom is 0.407 e. The molecule has 1 unspecified atom stereocenters. The van der Waals surface area contributed by atoms with Gasteiger partial charge < -0.3 is 34.5 Å². The molecule has 0 saturated carbocycles. The van der Waals surface area contributed by atoms with Gasteiger partial charge in [-0.15, -0.1) is 0 Å². The van der Waals surface area contributed by atoms with Crippen molar-refractivity contribution in [3.63, 3.8) is 0 Å². The molecule has 1 fully saturated rings. The number of nitrogens with zero attached hydrogens (tertiary/aromatic N) is 2. The molecule has 3 N–H and O–H groups in total. The summed E-state index contributed by atoms with van der Waals surface area (Å²) in [6.07, 6.45) is 3.16. The third-order valence-corrected chi connectivity index (χ3v) is 4.70. The molecule has 1 saturated heterocycles. The van der Waals surface area contributed by atoms with Crippen LogP contribution in [0.2, 0.25) is 0 Å². The van der Waals surface area contributed by atoms with Gasteiger partial charge in [0.05, 0.1) is 18.9 Å². The van der Waals surface area contributed by atoms with Gasteiger partial charge in [0.1, 0.15) is 17.5 Å². The molecule has 1 aromatic heterocycles. The Labute approximate surface area is 185 Å². The summed E-state index contributed by atoms with van der Waals surface area (Å²) >= 11 is 0. The highest BCUT2D eigenvalue weighted by Gasteiger charge is 2.22. The van der Waals surface area contributed by atoms with Gasteiger partial charge in [0.25, 0.3) is 0 Å². The number of rotatable bonds is 9. The van der Waals surface area contributed by atoms with E-state index in [2.05, 4.69) is 20.5 Å². The number of hydrogen-bond acceptors (Lipinski definition) is 6. The van der Waals surface area contributed by atoms with Crippen LogP contribution in [0.5, 0.6) is 0 Å². The fraction of sp³-hybridized carbons (Fsp3) is 0.727. The molecule has 1 aliphatic heterocycles. The minimum absolute atomic E-state index is 0.203. The van der Waals surface area contributed by atoms with E-state index in [4.69, 9.17) is 13.9 Å². The normalized spacial score (nSPS) is 16.8. The van der Waals surface area contributed by atoms with Crippen molar-refractivity contribution in [2.24, 2.45) is 4.99 Å². The van der Waals surface area contributed by atoms with Crippen molar-refractivity contribution in [2.45, 2.75) is 64.8 Å². The maximum atomic E-state index is 11.6. The molecule has 31 heavy (non-hydrogen) atoms. The fourth-order valence-corrected chi connectivity index (χ4v) is 3.23. The van der Waals surface area contributed by atoms with Crippen LogP contribution in [-0.2, 0) is 9.47 Å². The van der Waals surface area contributed by atoms with Gasteiger partial charge in [-0.1, -0.05) is 0 Å². The molecule has 1 atom stereocenters. The number of aliphatic hydroxyl groups is 1. The van der Waals surface area contributed by atoms with Crippen LogP contribution in [0.4, 0.5) is 4.79 Å². The third-order valence-electron chi connectivity index (χ3n) is 4.70. The summed E-state index contributed by atoms with van der Waals surface area (Å²) in [6.45, 7) is 11.4. The Hall–Kier alpha value is -2.26. The lowest BCUT2D eigenvalue weighted by atomic mass is 10.1. The molecular formula is C22H38N4O5. The van der Waals surface area contributed by atoms with E-state index in [1.54, 1.807) is 18.4 Å². The summed E-state index contributed by atoms with van der Waals surface area (Å²) in [5, 5.41) is 16.2. The fourth-order valence-electron chi connectivity index (χ4n) is 3.23. The number of furan rings is 1. The van der Waals surface area contributed by atoms with E-state index in [-0.39, 0.29) is 12.6 Å². The lowest BCUT2D eigenvalue weighted by molar-refractivity contribution is 0.0169. The Kier molecular flexibility index (Phi) is 10.1. The highest BCUT2D eigenvalue weighted by atomic mass is 16.6. The van der Waals surface area contributed by atoms with Gasteiger partial charge in [-0.05, 0) is 59.1 Å². The third kappa shape index (κ3) is 9.61. The molecule has 9 heteroatoms. The van der Waals surface area contributed by atoms with Gasteiger partial charge in [-0.3, -0.25) is 0 Å². The number of hydrogen-bond donors (Lipinski definition) is 3. The number of likely N-dealkylation sites (tertiary alicyclic amines) is 1. The molecule has 1 aromatic rings. The van der Waals surface area contributed by atoms with Crippen LogP contribution >= 0.6 is 0 Å². The van der Waals surface area contributed by atoms with Crippen molar-refractivity contribution >= 4 is 12.1 Å². The summed E-state index contributed by atoms with van der Waals surface area (Å²) < 4.78 is 16.4. The van der Waals surface area contributed by atoms with Crippen LogP contribution < -0.4 is 10.6 Å². The standard InChI is InChI=1S/C22H38N4O5/c1-5-23-20(25-16-18(27)19-8-6-14-30-19)26-12-9-17(10-13-26)29-15-7-11-24-21(28)31-22(2,3)4/h6,8,14,17-18,27H,5,7,9-13,15-16H2,1-4H3,(H,23,25)(H,24,28). The topological polar surface area (TPSA) is 109 Å². The van der Waals surface area contributed by atoms with Gasteiger partial charge in [0, 0.05) is 32.8 Å². The minimum atomic E-state index is -0.751. The zero-order valence-corrected chi connectivity index (χ0v) is 19.2. The lowest BCUT2D eigenvalue weighted by Gasteiger charge is -2.34. The van der Waals surface area contributed by atoms with Crippen LogP contribution in [0.25, 0.3) is 0 Å². The minimum Gasteiger partial charge on any atom is -0.467 e. The van der Waals surface area contributed by atoms with Crippen LogP contribution in [0.3, 0.4) is 0 Å². The Morgan fingerprint density at radius 2 is 2.10 bits per heavy atom. The number of guanidine groups is 1. The molecule has 1 amide bonds. The van der Waals surface area contributed by atoms with Gasteiger partial charge in [-0.25, -0.2) is 9.79 Å². The molecule has 0 bridgehead atoms. The molecule has 0 aromatic carbocycles. The first-order chi connectivity index (χ1) is 14.8. The van der Waals surface area contributed by atoms with Gasteiger partial charge in [-0.2, -0.15) is 0 Å². The van der Waals surface area contributed by atoms with Crippen molar-refractivity contribution in [3.8, 4) is 0 Å². The van der Waals surface area contributed by atoms with Crippen molar-refractivity contribution < 1.29 is 23.8 Å². The molecule has 176 valence electrons. The molecule has 0 spiro atoms. The van der Waals surface area contributed by atoms with Crippen molar-refractivity contribution in [1.82, 2.24) is 15.5 Å². The molecule has 0 radical (unpaired) electrons. The number of aliphatic imine (C=N–C) groups is 1. The number of carbonyl (C=O) groups excluding carboxylic acids is 1. The van der Waals surface area contributed by atoms with E-state index in [9.17, 15) is 9.90 Å². The maximum absolute atomic E-state index is 11.6. The quantitative estimate of drug-likeness (QED) is 0.309. The number of piperidine rings is 1. The van der Waals surface area contributed by atoms with E-state index < -0.39 is 17.8 Å². The van der Waals surface area contributed by atoms with Gasteiger partial charge in [0.15, 0.2) is 5.96 Å². The Morgan fingerprint density at radius 1 is 1.35 bits per heavy atom. The van der Waals surface area contributed by atoms with Crippen LogP contribution in [-0.4, -0.2) is 73.1 Å². The largest absolute Gasteiger partial charge is 0.467 e. The van der Waals surface area contributed by atoms with E-state index in [0.29, 0.717) is 18.9 Å². The van der Waals surface area contributed by atoms with Crippen molar-refractivity contribution in [3.05, 3.63) is 24.2 Å². The number of carbonyl (C=O) groups is 1. The monoisotopic (exact) mass is 438 g/mol. The van der Waals surface area contributed by atoms with Crippen LogP contribution in [0, 0.1) is 0 Å². The smallest absolute Gasteiger partial charge is 0.407 e. The second kappa shape index (κ2) is 12.6. The number of ether oxygens (including phenoxy) is 2. The highest BCUT2D eigenvalue weighted by molar-refractivity contribution is 5.80. The van der Waals surface area contributed by atoms with Gasteiger partial charge >= 0.3 is 6.09 Å². The first-order valence-corrected chi connectivity index (χ1v) is 11.1.